The van der Waals surface area contributed by atoms with Crippen LogP contribution in [0.25, 0.3) is 22.0 Å². The summed E-state index contributed by atoms with van der Waals surface area (Å²) in [4.78, 5) is 23.2. The minimum atomic E-state index is -0.265. The normalized spacial score (nSPS) is 16.1. The predicted molar refractivity (Wildman–Crippen MR) is 149 cm³/mol. The molecule has 6 rings (SSSR count). The molecule has 3 aromatic carbocycles. The number of anilines is 1. The van der Waals surface area contributed by atoms with E-state index in [1.54, 1.807) is 12.1 Å². The number of carbonyl (C=O) groups excluding carboxylic acids is 1. The molecule has 0 radical (unpaired) electrons. The fraction of sp³-hybridized carbons (Fsp3) is 0.312. The topological polar surface area (TPSA) is 56.7 Å². The van der Waals surface area contributed by atoms with Crippen molar-refractivity contribution in [2.24, 2.45) is 0 Å². The quantitative estimate of drug-likeness (QED) is 0.341. The first-order valence-electron chi connectivity index (χ1n) is 13.5. The van der Waals surface area contributed by atoms with Crippen LogP contribution in [-0.2, 0) is 6.54 Å². The van der Waals surface area contributed by atoms with Crippen molar-refractivity contribution in [3.05, 3.63) is 95.3 Å². The highest BCUT2D eigenvalue weighted by atomic mass is 19.1. The van der Waals surface area contributed by atoms with E-state index in [-0.39, 0.29) is 23.9 Å². The maximum absolute atomic E-state index is 13.8. The molecule has 1 aromatic heterocycles. The molecule has 0 unspecified atom stereocenters. The summed E-state index contributed by atoms with van der Waals surface area (Å²) in [5.41, 5.74) is 5.67. The Morgan fingerprint density at radius 2 is 1.63 bits per heavy atom. The van der Waals surface area contributed by atoms with E-state index in [1.165, 1.54) is 12.1 Å². The lowest BCUT2D eigenvalue weighted by molar-refractivity contribution is 0.0730. The second-order valence-electron chi connectivity index (χ2n) is 10.6. The molecule has 0 bridgehead atoms. The second-order valence-corrected chi connectivity index (χ2v) is 10.6. The van der Waals surface area contributed by atoms with Crippen LogP contribution in [0.15, 0.2) is 72.8 Å². The number of benzene rings is 3. The Morgan fingerprint density at radius 1 is 0.974 bits per heavy atom. The van der Waals surface area contributed by atoms with Crippen molar-refractivity contribution >= 4 is 22.6 Å². The number of aliphatic hydroxyl groups excluding tert-OH is 1. The molecule has 2 heterocycles. The van der Waals surface area contributed by atoms with Gasteiger partial charge in [-0.1, -0.05) is 42.5 Å². The van der Waals surface area contributed by atoms with Crippen molar-refractivity contribution in [1.29, 1.82) is 0 Å². The van der Waals surface area contributed by atoms with Crippen LogP contribution in [0.5, 0.6) is 0 Å². The fourth-order valence-electron chi connectivity index (χ4n) is 5.40. The number of para-hydroxylation sites is 1. The van der Waals surface area contributed by atoms with Gasteiger partial charge in [0.2, 0.25) is 0 Å². The molecular formula is C32H32FN3O2. The van der Waals surface area contributed by atoms with Gasteiger partial charge in [0.05, 0.1) is 11.6 Å². The Hall–Kier alpha value is -3.77. The number of piperidine rings is 1. The van der Waals surface area contributed by atoms with Gasteiger partial charge in [-0.3, -0.25) is 4.79 Å². The van der Waals surface area contributed by atoms with Crippen LogP contribution >= 0.6 is 0 Å². The average Bonchev–Trinajstić information content (AvgIpc) is 3.78. The highest BCUT2D eigenvalue weighted by Gasteiger charge is 2.34. The van der Waals surface area contributed by atoms with E-state index in [0.29, 0.717) is 12.1 Å². The summed E-state index contributed by atoms with van der Waals surface area (Å²) in [5.74, 6) is 0.672. The van der Waals surface area contributed by atoms with Gasteiger partial charge >= 0.3 is 0 Å². The molecule has 0 spiro atoms. The largest absolute Gasteiger partial charge is 0.393 e. The first kappa shape index (κ1) is 24.6. The molecule has 1 N–H and O–H groups in total. The molecular weight excluding hydrogens is 477 g/mol. The van der Waals surface area contributed by atoms with E-state index in [0.717, 1.165) is 77.7 Å². The molecule has 2 fully saturated rings. The molecule has 6 heteroatoms. The lowest BCUT2D eigenvalue weighted by atomic mass is 10.0. The van der Waals surface area contributed by atoms with Crippen molar-refractivity contribution in [2.75, 3.05) is 18.0 Å². The number of aliphatic hydroxyl groups is 1. The van der Waals surface area contributed by atoms with Crippen molar-refractivity contribution in [3.8, 4) is 11.1 Å². The molecule has 4 aromatic rings. The summed E-state index contributed by atoms with van der Waals surface area (Å²) in [6.45, 7) is 4.07. The average molecular weight is 510 g/mol. The van der Waals surface area contributed by atoms with Gasteiger partial charge in [0.15, 0.2) is 0 Å². The summed E-state index contributed by atoms with van der Waals surface area (Å²) >= 11 is 0. The predicted octanol–water partition coefficient (Wildman–Crippen LogP) is 6.12. The zero-order valence-corrected chi connectivity index (χ0v) is 21.6. The Bertz CT molecular complexity index is 1460. The van der Waals surface area contributed by atoms with Gasteiger partial charge in [0.1, 0.15) is 11.6 Å². The molecule has 38 heavy (non-hydrogen) atoms. The summed E-state index contributed by atoms with van der Waals surface area (Å²) in [6, 6.07) is 22.6. The molecule has 1 aliphatic carbocycles. The molecule has 0 atom stereocenters. The first-order chi connectivity index (χ1) is 18.5. The Balaban J connectivity index is 1.31. The van der Waals surface area contributed by atoms with Crippen LogP contribution in [0.4, 0.5) is 10.2 Å². The number of amides is 1. The number of halogens is 1. The van der Waals surface area contributed by atoms with Crippen LogP contribution in [0.1, 0.15) is 47.2 Å². The summed E-state index contributed by atoms with van der Waals surface area (Å²) in [5, 5.41) is 11.1. The minimum absolute atomic E-state index is 0.0162. The smallest absolute Gasteiger partial charge is 0.254 e. The zero-order chi connectivity index (χ0) is 26.2. The molecule has 1 saturated heterocycles. The number of aryl methyl sites for hydroxylation is 1. The van der Waals surface area contributed by atoms with E-state index in [9.17, 15) is 14.3 Å². The van der Waals surface area contributed by atoms with Crippen molar-refractivity contribution in [3.63, 3.8) is 0 Å². The fourth-order valence-corrected chi connectivity index (χ4v) is 5.40. The number of carbonyl (C=O) groups is 1. The van der Waals surface area contributed by atoms with E-state index in [2.05, 4.69) is 30.0 Å². The maximum atomic E-state index is 13.8. The number of pyridine rings is 1. The van der Waals surface area contributed by atoms with Gasteiger partial charge in [-0.15, -0.1) is 0 Å². The standard InChI is InChI=1S/C32H32FN3O2/c1-21-3-2-4-25-19-26(31(34-30(21)25)35-17-15-29(37)16-18-35)20-36(28-13-14-28)32(38)24-7-5-22(6-8-24)23-9-11-27(33)12-10-23/h2-12,19,28-29,37H,13-18,20H2,1H3. The second kappa shape index (κ2) is 10.2. The monoisotopic (exact) mass is 509 g/mol. The van der Waals surface area contributed by atoms with Gasteiger partial charge in [-0.05, 0) is 79.6 Å². The summed E-state index contributed by atoms with van der Waals surface area (Å²) in [7, 11) is 0. The Labute approximate surface area is 222 Å². The SMILES string of the molecule is Cc1cccc2cc(CN(C(=O)c3ccc(-c4ccc(F)cc4)cc3)C3CC3)c(N3CCC(O)CC3)nc12. The van der Waals surface area contributed by atoms with Gasteiger partial charge < -0.3 is 14.9 Å². The molecule has 1 aliphatic heterocycles. The van der Waals surface area contributed by atoms with E-state index in [1.807, 2.05) is 35.2 Å². The lowest BCUT2D eigenvalue weighted by Crippen LogP contribution is -2.38. The van der Waals surface area contributed by atoms with Crippen molar-refractivity contribution < 1.29 is 14.3 Å². The maximum Gasteiger partial charge on any atom is 0.254 e. The number of nitrogens with zero attached hydrogens (tertiary/aromatic N) is 3. The third kappa shape index (κ3) is 5.01. The van der Waals surface area contributed by atoms with Crippen LogP contribution in [0.3, 0.4) is 0 Å². The van der Waals surface area contributed by atoms with Gasteiger partial charge in [-0.25, -0.2) is 9.37 Å². The van der Waals surface area contributed by atoms with E-state index >= 15 is 0 Å². The highest BCUT2D eigenvalue weighted by molar-refractivity contribution is 5.95. The lowest BCUT2D eigenvalue weighted by Gasteiger charge is -2.33. The van der Waals surface area contributed by atoms with Crippen molar-refractivity contribution in [1.82, 2.24) is 9.88 Å². The molecule has 194 valence electrons. The number of hydrogen-bond acceptors (Lipinski definition) is 4. The minimum Gasteiger partial charge on any atom is -0.393 e. The van der Waals surface area contributed by atoms with Crippen LogP contribution < -0.4 is 4.90 Å². The zero-order valence-electron chi connectivity index (χ0n) is 21.6. The molecule has 1 saturated carbocycles. The van der Waals surface area contributed by atoms with Gasteiger partial charge in [-0.2, -0.15) is 0 Å². The van der Waals surface area contributed by atoms with Crippen molar-refractivity contribution in [2.45, 2.75) is 51.3 Å². The Morgan fingerprint density at radius 3 is 2.29 bits per heavy atom. The van der Waals surface area contributed by atoms with Crippen LogP contribution in [0.2, 0.25) is 0 Å². The van der Waals surface area contributed by atoms with Gasteiger partial charge in [0, 0.05) is 42.2 Å². The van der Waals surface area contributed by atoms with E-state index in [4.69, 9.17) is 4.98 Å². The molecule has 5 nitrogen and oxygen atoms in total. The summed E-state index contributed by atoms with van der Waals surface area (Å²) < 4.78 is 13.3. The summed E-state index contributed by atoms with van der Waals surface area (Å²) in [6.07, 6.45) is 3.19. The first-order valence-corrected chi connectivity index (χ1v) is 13.5. The third-order valence-corrected chi connectivity index (χ3v) is 7.77. The number of rotatable bonds is 6. The number of fused-ring (bicyclic) bond motifs is 1. The molecule has 2 aliphatic rings. The van der Waals surface area contributed by atoms with Gasteiger partial charge in [0.25, 0.3) is 5.91 Å². The number of hydrogen-bond donors (Lipinski definition) is 1. The third-order valence-electron chi connectivity index (χ3n) is 7.77. The Kier molecular flexibility index (Phi) is 6.58. The van der Waals surface area contributed by atoms with E-state index < -0.39 is 0 Å². The van der Waals surface area contributed by atoms with Crippen LogP contribution in [0, 0.1) is 12.7 Å². The number of aromatic nitrogens is 1. The highest BCUT2D eigenvalue weighted by Crippen LogP contribution is 2.34. The van der Waals surface area contributed by atoms with Crippen LogP contribution in [-0.4, -0.2) is 46.1 Å². The molecule has 1 amide bonds.